The van der Waals surface area contributed by atoms with Crippen LogP contribution in [0.25, 0.3) is 0 Å². The van der Waals surface area contributed by atoms with E-state index in [2.05, 4.69) is 40.4 Å². The van der Waals surface area contributed by atoms with E-state index >= 15 is 0 Å². The number of aliphatic hydroxyl groups is 1. The maximum Gasteiger partial charge on any atom is 0.312 e. The lowest BCUT2D eigenvalue weighted by Gasteiger charge is -2.33. The van der Waals surface area contributed by atoms with E-state index in [1.54, 1.807) is 18.2 Å². The Bertz CT molecular complexity index is 1110. The molecule has 288 valence electrons. The first-order valence-electron chi connectivity index (χ1n) is 17.2. The number of primary amides is 1. The highest BCUT2D eigenvalue weighted by Gasteiger charge is 2.34. The van der Waals surface area contributed by atoms with Crippen LogP contribution in [0.15, 0.2) is 18.2 Å². The van der Waals surface area contributed by atoms with E-state index in [1.807, 2.05) is 27.7 Å². The Labute approximate surface area is 297 Å². The minimum Gasteiger partial charge on any atom is -0.463 e. The summed E-state index contributed by atoms with van der Waals surface area (Å²) in [7, 11) is 1.54. The van der Waals surface area contributed by atoms with Gasteiger partial charge in [0.2, 0.25) is 24.0 Å². The molecule has 16 heteroatoms. The number of carbonyl (C=O) groups excluding carboxylic acids is 5. The number of hydrogen-bond donors (Lipinski definition) is 8. The number of rotatable bonds is 17. The van der Waals surface area contributed by atoms with E-state index < -0.39 is 42.4 Å². The van der Waals surface area contributed by atoms with Crippen LogP contribution in [0.3, 0.4) is 0 Å². The average molecular weight is 714 g/mol. The van der Waals surface area contributed by atoms with Gasteiger partial charge in [-0.05, 0) is 37.5 Å². The van der Waals surface area contributed by atoms with E-state index in [4.69, 9.17) is 30.5 Å². The molecule has 2 rings (SSSR count). The number of aliphatic hydroxyl groups excluding tert-OH is 1. The zero-order valence-corrected chi connectivity index (χ0v) is 31.1. The van der Waals surface area contributed by atoms with Gasteiger partial charge >= 0.3 is 6.03 Å². The number of ether oxygens (including phenoxy) is 3. The zero-order valence-electron chi connectivity index (χ0n) is 31.1. The molecule has 1 aromatic carbocycles. The first kappa shape index (κ1) is 48.3. The quantitative estimate of drug-likeness (QED) is 0.0852. The number of methoxy groups -OCH3 is 1. The molecule has 10 N–H and O–H groups in total. The molecule has 1 heterocycles. The number of carbonyl (C=O) groups is 5. The first-order valence-corrected chi connectivity index (χ1v) is 17.2. The second kappa shape index (κ2) is 30.0. The monoisotopic (exact) mass is 713 g/mol. The van der Waals surface area contributed by atoms with Gasteiger partial charge in [-0.3, -0.25) is 14.4 Å². The van der Waals surface area contributed by atoms with Crippen LogP contribution in [-0.4, -0.2) is 99.0 Å². The van der Waals surface area contributed by atoms with Crippen LogP contribution >= 0.6 is 0 Å². The summed E-state index contributed by atoms with van der Waals surface area (Å²) in [6.45, 7) is 14.5. The molecular weight excluding hydrogens is 650 g/mol. The predicted octanol–water partition coefficient (Wildman–Crippen LogP) is 1.67. The molecular formula is C34H63N7O9. The minimum atomic E-state index is -0.992. The van der Waals surface area contributed by atoms with Gasteiger partial charge in [0.05, 0.1) is 24.9 Å². The van der Waals surface area contributed by atoms with Gasteiger partial charge in [0, 0.05) is 45.6 Å². The first-order chi connectivity index (χ1) is 23.8. The minimum absolute atomic E-state index is 0.0163. The van der Waals surface area contributed by atoms with Gasteiger partial charge < -0.3 is 62.2 Å². The fourth-order valence-electron chi connectivity index (χ4n) is 4.13. The highest BCUT2D eigenvalue weighted by molar-refractivity contribution is 5.98. The summed E-state index contributed by atoms with van der Waals surface area (Å²) in [4.78, 5) is 58.2. The van der Waals surface area contributed by atoms with Crippen LogP contribution in [0.2, 0.25) is 0 Å². The van der Waals surface area contributed by atoms with Crippen LogP contribution in [0, 0.1) is 0 Å². The third kappa shape index (κ3) is 22.7. The summed E-state index contributed by atoms with van der Waals surface area (Å²) in [6, 6.07) is 3.47. The number of aldehydes is 1. The van der Waals surface area contributed by atoms with Gasteiger partial charge in [-0.25, -0.2) is 4.79 Å². The normalized spacial score (nSPS) is 16.7. The summed E-state index contributed by atoms with van der Waals surface area (Å²) < 4.78 is 17.1. The van der Waals surface area contributed by atoms with Crippen LogP contribution in [-0.2, 0) is 35.3 Å². The van der Waals surface area contributed by atoms with Gasteiger partial charge in [-0.1, -0.05) is 54.0 Å². The lowest BCUT2D eigenvalue weighted by atomic mass is 10.0. The van der Waals surface area contributed by atoms with Crippen molar-refractivity contribution < 1.29 is 43.3 Å². The lowest BCUT2D eigenvalue weighted by molar-refractivity contribution is -0.184. The number of nitrogens with two attached hydrogens (primary N) is 2. The largest absolute Gasteiger partial charge is 0.463 e. The summed E-state index contributed by atoms with van der Waals surface area (Å²) >= 11 is 0. The molecule has 0 aromatic heterocycles. The Hall–Kier alpha value is -3.83. The number of amides is 5. The van der Waals surface area contributed by atoms with E-state index in [0.717, 1.165) is 11.8 Å². The van der Waals surface area contributed by atoms with Crippen LogP contribution in [0.1, 0.15) is 86.1 Å². The van der Waals surface area contributed by atoms with E-state index in [9.17, 15) is 24.3 Å². The highest BCUT2D eigenvalue weighted by atomic mass is 16.7. The molecule has 1 aromatic rings. The van der Waals surface area contributed by atoms with Crippen molar-refractivity contribution in [1.82, 2.24) is 21.3 Å². The van der Waals surface area contributed by atoms with Gasteiger partial charge in [0.1, 0.15) is 24.2 Å². The zero-order chi connectivity index (χ0) is 38.5. The van der Waals surface area contributed by atoms with E-state index in [1.165, 1.54) is 20.5 Å². The molecule has 1 aliphatic heterocycles. The lowest BCUT2D eigenvalue weighted by Crippen LogP contribution is -2.48. The van der Waals surface area contributed by atoms with Gasteiger partial charge in [-0.15, -0.1) is 0 Å². The van der Waals surface area contributed by atoms with Crippen molar-refractivity contribution >= 4 is 35.7 Å². The predicted molar refractivity (Wildman–Crippen MR) is 193 cm³/mol. The molecule has 0 spiro atoms. The Balaban J connectivity index is 0. The smallest absolute Gasteiger partial charge is 0.312 e. The Morgan fingerprint density at radius 2 is 1.74 bits per heavy atom. The van der Waals surface area contributed by atoms with Gasteiger partial charge in [-0.2, -0.15) is 0 Å². The van der Waals surface area contributed by atoms with Crippen molar-refractivity contribution in [3.63, 3.8) is 0 Å². The fraction of sp³-hybridized carbons (Fsp3) is 0.676. The molecule has 1 saturated heterocycles. The third-order valence-corrected chi connectivity index (χ3v) is 6.17. The van der Waals surface area contributed by atoms with Crippen molar-refractivity contribution in [3.8, 4) is 5.75 Å². The standard InChI is InChI=1S/C27H45N7O8.C3H8.C2H4O.C2H6/c1-16(2)32-14-23(36)33-20(5-4-9-31-27(29)39)25(37)34-19-7-6-17(15-40-3)11-21(19)41-24-13-18(35)12-22(42-24)26(38)30-10-8-28;1-3-2;1-2-3;1-2/h6-7,11,16,18,20,22,24,32,35H,4-5,8-10,12-15,28H2,1-3H3,(H,30,38)(H,33,36)(H,34,37)(H3,29,31,39);3H2,1-2H3;2H,1H3;1-2H3. The molecule has 4 unspecified atom stereocenters. The Morgan fingerprint density at radius 3 is 2.30 bits per heavy atom. The maximum absolute atomic E-state index is 13.4. The molecule has 0 aliphatic carbocycles. The second-order valence-corrected chi connectivity index (χ2v) is 11.2. The molecule has 16 nitrogen and oxygen atoms in total. The molecule has 0 bridgehead atoms. The molecule has 4 atom stereocenters. The molecule has 1 fully saturated rings. The SMILES string of the molecule is CC.CC=O.CCC.COCc1ccc(NC(=O)C(CCCNC(N)=O)NC(=O)CNC(C)C)c(OC2CC(O)CC(C(=O)NCCN)O2)c1. The number of hydrogen-bond acceptors (Lipinski definition) is 11. The second-order valence-electron chi connectivity index (χ2n) is 11.2. The van der Waals surface area contributed by atoms with Crippen molar-refractivity contribution in [2.24, 2.45) is 11.5 Å². The topological polar surface area (TPSA) is 245 Å². The maximum atomic E-state index is 13.4. The Kier molecular flexibility index (Phi) is 29.0. The molecule has 0 saturated carbocycles. The van der Waals surface area contributed by atoms with E-state index in [-0.39, 0.29) is 75.4 Å². The summed E-state index contributed by atoms with van der Waals surface area (Å²) in [5, 5.41) is 24.0. The fourth-order valence-corrected chi connectivity index (χ4v) is 4.13. The number of nitrogens with one attached hydrogen (secondary N) is 5. The van der Waals surface area contributed by atoms with Crippen molar-refractivity contribution in [2.45, 2.75) is 118 Å². The molecule has 1 aliphatic rings. The van der Waals surface area contributed by atoms with Crippen molar-refractivity contribution in [2.75, 3.05) is 38.6 Å². The summed E-state index contributed by atoms with van der Waals surface area (Å²) in [5.41, 5.74) is 11.6. The van der Waals surface area contributed by atoms with Crippen molar-refractivity contribution in [1.29, 1.82) is 0 Å². The average Bonchev–Trinajstić information content (AvgIpc) is 3.06. The van der Waals surface area contributed by atoms with Gasteiger partial charge in [0.25, 0.3) is 0 Å². The molecule has 0 radical (unpaired) electrons. The van der Waals surface area contributed by atoms with Crippen LogP contribution < -0.4 is 42.8 Å². The summed E-state index contributed by atoms with van der Waals surface area (Å²) in [6.07, 6.45) is -0.0126. The number of urea groups is 1. The Morgan fingerprint density at radius 1 is 1.10 bits per heavy atom. The third-order valence-electron chi connectivity index (χ3n) is 6.17. The molecule has 5 amide bonds. The van der Waals surface area contributed by atoms with Crippen LogP contribution in [0.5, 0.6) is 5.75 Å². The van der Waals surface area contributed by atoms with E-state index in [0.29, 0.717) is 6.42 Å². The summed E-state index contributed by atoms with van der Waals surface area (Å²) in [5.74, 6) is -1.08. The van der Waals surface area contributed by atoms with Crippen molar-refractivity contribution in [3.05, 3.63) is 23.8 Å². The number of benzene rings is 1. The van der Waals surface area contributed by atoms with Crippen LogP contribution in [0.4, 0.5) is 10.5 Å². The van der Waals surface area contributed by atoms with Gasteiger partial charge in [0.15, 0.2) is 0 Å². The highest BCUT2D eigenvalue weighted by Crippen LogP contribution is 2.31. The molecule has 50 heavy (non-hydrogen) atoms. The number of anilines is 1.